The fourth-order valence-electron chi connectivity index (χ4n) is 4.14. The molecule has 0 atom stereocenters. The zero-order chi connectivity index (χ0) is 15.8. The van der Waals surface area contributed by atoms with Crippen LogP contribution in [-0.4, -0.2) is 21.0 Å². The first-order valence-corrected chi connectivity index (χ1v) is 8.39. The first-order valence-electron chi connectivity index (χ1n) is 8.39. The summed E-state index contributed by atoms with van der Waals surface area (Å²) >= 11 is 0. The lowest BCUT2D eigenvalue weighted by Crippen LogP contribution is -2.18. The zero-order valence-corrected chi connectivity index (χ0v) is 13.1. The Morgan fingerprint density at radius 2 is 1.70 bits per heavy atom. The predicted molar refractivity (Wildman–Crippen MR) is 86.9 cm³/mol. The molecule has 0 unspecified atom stereocenters. The van der Waals surface area contributed by atoms with Crippen molar-refractivity contribution in [2.24, 2.45) is 0 Å². The fraction of sp³-hybridized carbons (Fsp3) is 0.421. The molecule has 0 radical (unpaired) electrons. The molecule has 4 nitrogen and oxygen atoms in total. The number of carboxylic acids is 1. The van der Waals surface area contributed by atoms with Crippen molar-refractivity contribution in [2.75, 3.05) is 0 Å². The van der Waals surface area contributed by atoms with Gasteiger partial charge in [-0.2, -0.15) is 0 Å². The molecule has 118 valence electrons. The summed E-state index contributed by atoms with van der Waals surface area (Å²) in [4.78, 5) is 19.3. The number of aromatic nitrogens is 2. The number of aromatic carboxylic acids is 1. The average Bonchev–Trinajstić information content (AvgIpc) is 2.56. The quantitative estimate of drug-likeness (QED) is 0.942. The number of aryl methyl sites for hydroxylation is 2. The molecule has 1 aromatic carbocycles. The zero-order valence-electron chi connectivity index (χ0n) is 13.1. The van der Waals surface area contributed by atoms with Gasteiger partial charge in [0.2, 0.25) is 0 Å². The van der Waals surface area contributed by atoms with Crippen molar-refractivity contribution in [3.63, 3.8) is 0 Å². The first-order chi connectivity index (χ1) is 11.2. The van der Waals surface area contributed by atoms with Gasteiger partial charge in [-0.1, -0.05) is 12.1 Å². The van der Waals surface area contributed by atoms with Crippen LogP contribution in [0.25, 0.3) is 0 Å². The monoisotopic (exact) mass is 308 g/mol. The second-order valence-electron chi connectivity index (χ2n) is 6.68. The summed E-state index contributed by atoms with van der Waals surface area (Å²) in [5.41, 5.74) is 6.07. The summed E-state index contributed by atoms with van der Waals surface area (Å²) in [5.74, 6) is 0.480. The highest BCUT2D eigenvalue weighted by molar-refractivity contribution is 5.86. The van der Waals surface area contributed by atoms with Crippen LogP contribution >= 0.6 is 0 Å². The molecular weight excluding hydrogens is 288 g/mol. The van der Waals surface area contributed by atoms with Gasteiger partial charge >= 0.3 is 5.97 Å². The Labute approximate surface area is 135 Å². The number of hydrogen-bond acceptors (Lipinski definition) is 3. The SMILES string of the molecule is O=C(O)c1cnc(Cc2cc3c4c(c2)CCCC4CCC3)nc1. The molecule has 0 amide bonds. The molecule has 0 bridgehead atoms. The van der Waals surface area contributed by atoms with Gasteiger partial charge in [0.1, 0.15) is 5.82 Å². The van der Waals surface area contributed by atoms with Crippen molar-refractivity contribution in [1.29, 1.82) is 0 Å². The molecule has 2 aromatic rings. The number of nitrogens with zero attached hydrogens (tertiary/aromatic N) is 2. The third-order valence-electron chi connectivity index (χ3n) is 5.13. The Kier molecular flexibility index (Phi) is 3.60. The van der Waals surface area contributed by atoms with Gasteiger partial charge in [0.05, 0.1) is 5.56 Å². The van der Waals surface area contributed by atoms with Gasteiger partial charge in [-0.15, -0.1) is 0 Å². The van der Waals surface area contributed by atoms with Gasteiger partial charge in [0.25, 0.3) is 0 Å². The number of carbonyl (C=O) groups is 1. The third-order valence-corrected chi connectivity index (χ3v) is 5.13. The minimum atomic E-state index is -0.985. The molecule has 1 N–H and O–H groups in total. The van der Waals surface area contributed by atoms with Crippen LogP contribution in [0.15, 0.2) is 24.5 Å². The maximum atomic E-state index is 10.9. The van der Waals surface area contributed by atoms with Gasteiger partial charge in [-0.3, -0.25) is 0 Å². The summed E-state index contributed by atoms with van der Waals surface area (Å²) in [6.07, 6.45) is 11.1. The van der Waals surface area contributed by atoms with Gasteiger partial charge in [-0.25, -0.2) is 14.8 Å². The van der Waals surface area contributed by atoms with Crippen LogP contribution in [0.2, 0.25) is 0 Å². The topological polar surface area (TPSA) is 63.1 Å². The van der Waals surface area contributed by atoms with Gasteiger partial charge in [-0.05, 0) is 66.7 Å². The Balaban J connectivity index is 1.63. The lowest BCUT2D eigenvalue weighted by atomic mass is 9.73. The van der Waals surface area contributed by atoms with E-state index in [1.165, 1.54) is 67.6 Å². The highest BCUT2D eigenvalue weighted by Crippen LogP contribution is 2.41. The summed E-state index contributed by atoms with van der Waals surface area (Å²) in [7, 11) is 0. The summed E-state index contributed by atoms with van der Waals surface area (Å²) in [6, 6.07) is 4.65. The average molecular weight is 308 g/mol. The van der Waals surface area contributed by atoms with Crippen molar-refractivity contribution in [1.82, 2.24) is 9.97 Å². The molecule has 23 heavy (non-hydrogen) atoms. The molecule has 4 heteroatoms. The smallest absolute Gasteiger partial charge is 0.338 e. The van der Waals surface area contributed by atoms with Crippen LogP contribution in [0.1, 0.15) is 70.0 Å². The number of hydrogen-bond donors (Lipinski definition) is 1. The van der Waals surface area contributed by atoms with Crippen LogP contribution in [0.4, 0.5) is 0 Å². The molecule has 2 aliphatic rings. The van der Waals surface area contributed by atoms with E-state index >= 15 is 0 Å². The second kappa shape index (κ2) is 5.76. The van der Waals surface area contributed by atoms with Crippen molar-refractivity contribution >= 4 is 5.97 Å². The first kappa shape index (κ1) is 14.4. The number of carboxylic acid groups (broad SMARTS) is 1. The van der Waals surface area contributed by atoms with E-state index in [0.29, 0.717) is 12.2 Å². The van der Waals surface area contributed by atoms with E-state index in [9.17, 15) is 4.79 Å². The highest BCUT2D eigenvalue weighted by atomic mass is 16.4. The predicted octanol–water partition coefficient (Wildman–Crippen LogP) is 3.52. The Hall–Kier alpha value is -2.23. The van der Waals surface area contributed by atoms with E-state index in [4.69, 9.17) is 5.11 Å². The van der Waals surface area contributed by atoms with E-state index in [2.05, 4.69) is 22.1 Å². The molecule has 0 aliphatic heterocycles. The van der Waals surface area contributed by atoms with Gasteiger partial charge < -0.3 is 5.11 Å². The van der Waals surface area contributed by atoms with Gasteiger partial charge in [0.15, 0.2) is 0 Å². The van der Waals surface area contributed by atoms with E-state index in [1.54, 1.807) is 5.56 Å². The molecule has 2 aliphatic carbocycles. The Morgan fingerprint density at radius 1 is 1.09 bits per heavy atom. The number of benzene rings is 1. The molecule has 0 saturated carbocycles. The van der Waals surface area contributed by atoms with E-state index in [-0.39, 0.29) is 5.56 Å². The van der Waals surface area contributed by atoms with Crippen molar-refractivity contribution < 1.29 is 9.90 Å². The van der Waals surface area contributed by atoms with Gasteiger partial charge in [0, 0.05) is 18.8 Å². The van der Waals surface area contributed by atoms with E-state index in [1.807, 2.05) is 0 Å². The molecular formula is C19H20N2O2. The molecule has 0 fully saturated rings. The normalized spacial score (nSPS) is 16.9. The lowest BCUT2D eigenvalue weighted by molar-refractivity contribution is 0.0696. The molecule has 1 aromatic heterocycles. The van der Waals surface area contributed by atoms with Crippen molar-refractivity contribution in [2.45, 2.75) is 50.9 Å². The molecule has 1 heterocycles. The van der Waals surface area contributed by atoms with Crippen LogP contribution in [0, 0.1) is 0 Å². The summed E-state index contributed by atoms with van der Waals surface area (Å²) < 4.78 is 0. The Morgan fingerprint density at radius 3 is 2.26 bits per heavy atom. The summed E-state index contributed by atoms with van der Waals surface area (Å²) in [6.45, 7) is 0. The van der Waals surface area contributed by atoms with Crippen LogP contribution in [-0.2, 0) is 19.3 Å². The second-order valence-corrected chi connectivity index (χ2v) is 6.68. The third kappa shape index (κ3) is 2.74. The van der Waals surface area contributed by atoms with Crippen LogP contribution in [0.5, 0.6) is 0 Å². The van der Waals surface area contributed by atoms with E-state index < -0.39 is 5.97 Å². The highest BCUT2D eigenvalue weighted by Gasteiger charge is 2.26. The van der Waals surface area contributed by atoms with Crippen molar-refractivity contribution in [3.8, 4) is 0 Å². The molecule has 0 saturated heterocycles. The Bertz CT molecular complexity index is 721. The molecule has 0 spiro atoms. The molecule has 4 rings (SSSR count). The fourth-order valence-corrected chi connectivity index (χ4v) is 4.14. The standard InChI is InChI=1S/C19H20N2O2/c22-19(23)16-10-20-17(21-11-16)9-12-7-14-5-1-3-13-4-2-6-15(8-12)18(13)14/h7-8,10-11,13H,1-6,9H2,(H,22,23). The maximum absolute atomic E-state index is 10.9. The van der Waals surface area contributed by atoms with E-state index in [0.717, 1.165) is 5.92 Å². The maximum Gasteiger partial charge on any atom is 0.338 e. The van der Waals surface area contributed by atoms with Crippen LogP contribution in [0.3, 0.4) is 0 Å². The minimum absolute atomic E-state index is 0.136. The lowest BCUT2D eigenvalue weighted by Gasteiger charge is -2.32. The summed E-state index contributed by atoms with van der Waals surface area (Å²) in [5, 5.41) is 8.92. The minimum Gasteiger partial charge on any atom is -0.478 e. The van der Waals surface area contributed by atoms with Crippen LogP contribution < -0.4 is 0 Å². The van der Waals surface area contributed by atoms with Crippen molar-refractivity contribution in [3.05, 3.63) is 58.2 Å². The number of rotatable bonds is 3. The largest absolute Gasteiger partial charge is 0.478 e.